The summed E-state index contributed by atoms with van der Waals surface area (Å²) < 4.78 is 44.1. The average Bonchev–Trinajstić information content (AvgIpc) is 3.50. The van der Waals surface area contributed by atoms with Crippen LogP contribution in [0.3, 0.4) is 0 Å². The number of carbonyl (C=O) groups is 1. The number of nitrogens with zero attached hydrogens (tertiary/aromatic N) is 3. The number of aryl methyl sites for hydroxylation is 2. The van der Waals surface area contributed by atoms with E-state index in [-0.39, 0.29) is 29.2 Å². The Labute approximate surface area is 237 Å². The van der Waals surface area contributed by atoms with Crippen molar-refractivity contribution in [3.63, 3.8) is 0 Å². The van der Waals surface area contributed by atoms with Crippen LogP contribution < -0.4 is 9.62 Å². The van der Waals surface area contributed by atoms with Gasteiger partial charge in [-0.15, -0.1) is 0 Å². The van der Waals surface area contributed by atoms with Crippen molar-refractivity contribution in [3.8, 4) is 0 Å². The molecular weight excluding hydrogens is 551 g/mol. The Morgan fingerprint density at radius 2 is 1.88 bits per heavy atom. The first-order valence-electron chi connectivity index (χ1n) is 13.1. The van der Waals surface area contributed by atoms with Crippen LogP contribution in [0.4, 0.5) is 10.1 Å². The molecule has 3 aromatic carbocycles. The maximum Gasteiger partial charge on any atom is 0.241 e. The zero-order valence-corrected chi connectivity index (χ0v) is 23.4. The van der Waals surface area contributed by atoms with Crippen LogP contribution in [0.25, 0.3) is 0 Å². The SMILES string of the molecule is Cn1ccnc1CN(C(=O)[C@@H]1C[C@H]1c1ccc(Cl)cc1)c1ccc2c(c1)[C@@H](NS(=O)(=O)c1ccc(F)cc1)CC2. The minimum atomic E-state index is -3.86. The number of aromatic nitrogens is 2. The molecule has 0 radical (unpaired) electrons. The summed E-state index contributed by atoms with van der Waals surface area (Å²) in [7, 11) is -1.97. The second-order valence-corrected chi connectivity index (χ2v) is 12.6. The van der Waals surface area contributed by atoms with Crippen LogP contribution in [0, 0.1) is 11.7 Å². The van der Waals surface area contributed by atoms with Gasteiger partial charge in [0.15, 0.2) is 0 Å². The van der Waals surface area contributed by atoms with Gasteiger partial charge < -0.3 is 9.47 Å². The number of rotatable bonds is 8. The molecule has 1 heterocycles. The fraction of sp³-hybridized carbons (Fsp3) is 0.267. The molecule has 40 heavy (non-hydrogen) atoms. The molecule has 0 aliphatic heterocycles. The number of imidazole rings is 1. The Kier molecular flexibility index (Phi) is 6.98. The zero-order valence-electron chi connectivity index (χ0n) is 21.8. The molecule has 7 nitrogen and oxygen atoms in total. The summed E-state index contributed by atoms with van der Waals surface area (Å²) in [5.41, 5.74) is 3.65. The van der Waals surface area contributed by atoms with Crippen molar-refractivity contribution in [1.82, 2.24) is 14.3 Å². The van der Waals surface area contributed by atoms with Gasteiger partial charge in [-0.05, 0) is 90.4 Å². The molecule has 2 aliphatic rings. The highest BCUT2D eigenvalue weighted by Gasteiger charge is 2.46. The molecule has 1 N–H and O–H groups in total. The summed E-state index contributed by atoms with van der Waals surface area (Å²) in [6, 6.07) is 17.7. The molecule has 0 saturated heterocycles. The minimum absolute atomic E-state index is 0.00402. The Morgan fingerprint density at radius 3 is 2.58 bits per heavy atom. The van der Waals surface area contributed by atoms with Gasteiger partial charge in [-0.25, -0.2) is 22.5 Å². The van der Waals surface area contributed by atoms with E-state index < -0.39 is 21.9 Å². The topological polar surface area (TPSA) is 84.3 Å². The molecule has 0 unspecified atom stereocenters. The molecule has 206 valence electrons. The van der Waals surface area contributed by atoms with Crippen molar-refractivity contribution >= 4 is 33.2 Å². The van der Waals surface area contributed by atoms with Crippen molar-refractivity contribution in [2.45, 2.75) is 42.7 Å². The summed E-state index contributed by atoms with van der Waals surface area (Å²) >= 11 is 6.06. The number of sulfonamides is 1. The Hall–Kier alpha value is -3.53. The van der Waals surface area contributed by atoms with Gasteiger partial charge in [0.05, 0.1) is 11.4 Å². The van der Waals surface area contributed by atoms with Crippen LogP contribution in [0.1, 0.15) is 47.3 Å². The van der Waals surface area contributed by atoms with Crippen LogP contribution in [-0.4, -0.2) is 23.9 Å². The molecule has 0 bridgehead atoms. The average molecular weight is 579 g/mol. The fourth-order valence-electron chi connectivity index (χ4n) is 5.48. The molecule has 0 spiro atoms. The van der Waals surface area contributed by atoms with Crippen molar-refractivity contribution in [1.29, 1.82) is 0 Å². The highest BCUT2D eigenvalue weighted by atomic mass is 35.5. The maximum atomic E-state index is 13.9. The van der Waals surface area contributed by atoms with Crippen molar-refractivity contribution in [2.24, 2.45) is 13.0 Å². The van der Waals surface area contributed by atoms with Crippen molar-refractivity contribution < 1.29 is 17.6 Å². The largest absolute Gasteiger partial charge is 0.337 e. The lowest BCUT2D eigenvalue weighted by Crippen LogP contribution is -2.33. The van der Waals surface area contributed by atoms with Crippen LogP contribution in [-0.2, 0) is 34.8 Å². The van der Waals surface area contributed by atoms with Crippen LogP contribution in [0.5, 0.6) is 0 Å². The van der Waals surface area contributed by atoms with Gasteiger partial charge in [-0.1, -0.05) is 29.8 Å². The molecule has 1 amide bonds. The quantitative estimate of drug-likeness (QED) is 0.299. The number of fused-ring (bicyclic) bond motifs is 1. The molecule has 4 aromatic rings. The number of hydrogen-bond donors (Lipinski definition) is 1. The first kappa shape index (κ1) is 26.7. The van der Waals surface area contributed by atoms with E-state index in [9.17, 15) is 17.6 Å². The highest BCUT2D eigenvalue weighted by Crippen LogP contribution is 2.49. The predicted octanol–water partition coefficient (Wildman–Crippen LogP) is 5.52. The number of hydrogen-bond acceptors (Lipinski definition) is 4. The lowest BCUT2D eigenvalue weighted by atomic mass is 10.1. The maximum absolute atomic E-state index is 13.9. The summed E-state index contributed by atoms with van der Waals surface area (Å²) in [6.45, 7) is 0.289. The Morgan fingerprint density at radius 1 is 1.12 bits per heavy atom. The van der Waals surface area contributed by atoms with Gasteiger partial charge in [0, 0.05) is 42.1 Å². The van der Waals surface area contributed by atoms with Crippen LogP contribution in [0.15, 0.2) is 84.0 Å². The normalized spacial score (nSPS) is 19.8. The molecule has 2 aliphatic carbocycles. The van der Waals surface area contributed by atoms with Crippen molar-refractivity contribution in [2.75, 3.05) is 4.90 Å². The van der Waals surface area contributed by atoms with Gasteiger partial charge in [-0.3, -0.25) is 4.79 Å². The number of nitrogens with one attached hydrogen (secondary N) is 1. The minimum Gasteiger partial charge on any atom is -0.337 e. The first-order valence-corrected chi connectivity index (χ1v) is 15.0. The zero-order chi connectivity index (χ0) is 28.0. The lowest BCUT2D eigenvalue weighted by Gasteiger charge is -2.25. The monoisotopic (exact) mass is 578 g/mol. The fourth-order valence-corrected chi connectivity index (χ4v) is 6.86. The molecule has 10 heteroatoms. The lowest BCUT2D eigenvalue weighted by molar-refractivity contribution is -0.120. The van der Waals surface area contributed by atoms with Crippen LogP contribution in [0.2, 0.25) is 5.02 Å². The van der Waals surface area contributed by atoms with E-state index in [1.807, 2.05) is 60.3 Å². The van der Waals surface area contributed by atoms with E-state index in [2.05, 4.69) is 9.71 Å². The summed E-state index contributed by atoms with van der Waals surface area (Å²) in [5, 5.41) is 0.659. The third kappa shape index (κ3) is 5.29. The van der Waals surface area contributed by atoms with Gasteiger partial charge in [0.2, 0.25) is 15.9 Å². The number of halogens is 2. The Balaban J connectivity index is 1.29. The molecule has 1 aromatic heterocycles. The number of benzene rings is 3. The van der Waals surface area contributed by atoms with Crippen LogP contribution >= 0.6 is 11.6 Å². The summed E-state index contributed by atoms with van der Waals surface area (Å²) in [4.78, 5) is 20.1. The van der Waals surface area contributed by atoms with E-state index in [0.29, 0.717) is 23.6 Å². The first-order chi connectivity index (χ1) is 19.2. The molecular formula is C30H28ClFN4O3S. The smallest absolute Gasteiger partial charge is 0.241 e. The second kappa shape index (κ2) is 10.5. The Bertz CT molecular complexity index is 1670. The highest BCUT2D eigenvalue weighted by molar-refractivity contribution is 7.89. The molecule has 1 saturated carbocycles. The van der Waals surface area contributed by atoms with E-state index in [4.69, 9.17) is 11.6 Å². The van der Waals surface area contributed by atoms with Gasteiger partial charge in [0.1, 0.15) is 11.6 Å². The molecule has 3 atom stereocenters. The number of carbonyl (C=O) groups excluding carboxylic acids is 1. The van der Waals surface area contributed by atoms with Gasteiger partial charge in [0.25, 0.3) is 0 Å². The van der Waals surface area contributed by atoms with E-state index in [1.165, 1.54) is 12.1 Å². The standard InChI is InChI=1S/C30H28ClFN4O3S/c1-35-15-14-33-29(35)18-36(30(37)27-17-25(27)19-2-6-21(31)7-3-19)23-10-4-20-5-13-28(26(20)16-23)34-40(38,39)24-11-8-22(32)9-12-24/h2-4,6-12,14-16,25,27-28,34H,5,13,17-18H2,1H3/t25-,27+,28-/m0/s1. The van der Waals surface area contributed by atoms with E-state index in [0.717, 1.165) is 41.1 Å². The summed E-state index contributed by atoms with van der Waals surface area (Å²) in [6.07, 6.45) is 5.60. The second-order valence-electron chi connectivity index (χ2n) is 10.4. The predicted molar refractivity (Wildman–Crippen MR) is 151 cm³/mol. The van der Waals surface area contributed by atoms with Gasteiger partial charge >= 0.3 is 0 Å². The van der Waals surface area contributed by atoms with E-state index in [1.54, 1.807) is 11.1 Å². The molecule has 1 fully saturated rings. The third-order valence-corrected chi connectivity index (χ3v) is 9.57. The third-order valence-electron chi connectivity index (χ3n) is 7.83. The summed E-state index contributed by atoms with van der Waals surface area (Å²) in [5.74, 6) is 0.206. The number of amides is 1. The van der Waals surface area contributed by atoms with E-state index >= 15 is 0 Å². The van der Waals surface area contributed by atoms with Gasteiger partial charge in [-0.2, -0.15) is 0 Å². The molecule has 6 rings (SSSR count). The number of anilines is 1. The van der Waals surface area contributed by atoms with Crippen molar-refractivity contribution in [3.05, 3.63) is 112 Å².